The minimum atomic E-state index is -4.31. The first-order valence-electron chi connectivity index (χ1n) is 6.65. The average molecular weight is 298 g/mol. The van der Waals surface area contributed by atoms with Gasteiger partial charge in [0.2, 0.25) is 0 Å². The largest absolute Gasteiger partial charge is 0.416 e. The number of hydrogen-bond donors (Lipinski definition) is 1. The van der Waals surface area contributed by atoms with E-state index in [1.807, 2.05) is 6.92 Å². The Labute approximate surface area is 121 Å². The Morgan fingerprint density at radius 3 is 2.38 bits per heavy atom. The van der Waals surface area contributed by atoms with Gasteiger partial charge in [-0.25, -0.2) is 4.98 Å². The monoisotopic (exact) mass is 298 g/mol. The van der Waals surface area contributed by atoms with E-state index in [9.17, 15) is 13.2 Å². The molecule has 1 unspecified atom stereocenters. The van der Waals surface area contributed by atoms with Gasteiger partial charge in [0, 0.05) is 19.5 Å². The molecule has 0 aliphatic carbocycles. The Hall–Kier alpha value is -1.89. The highest BCUT2D eigenvalue weighted by Crippen LogP contribution is 2.30. The smallest absolute Gasteiger partial charge is 0.310 e. The molecule has 2 rings (SSSR count). The van der Waals surface area contributed by atoms with Gasteiger partial charge >= 0.3 is 6.18 Å². The highest BCUT2D eigenvalue weighted by Gasteiger charge is 2.30. The summed E-state index contributed by atoms with van der Waals surface area (Å²) in [6, 6.07) is 5.13. The van der Waals surface area contributed by atoms with E-state index in [0.29, 0.717) is 13.0 Å². The van der Waals surface area contributed by atoms with Crippen molar-refractivity contribution in [3.63, 3.8) is 0 Å². The average Bonchev–Trinajstić information content (AvgIpc) is 2.83. The summed E-state index contributed by atoms with van der Waals surface area (Å²) in [5, 5.41) is 7.26. The molecule has 0 fully saturated rings. The Bertz CT molecular complexity index is 575. The molecule has 0 saturated heterocycles. The van der Waals surface area contributed by atoms with Crippen molar-refractivity contribution in [2.45, 2.75) is 25.6 Å². The Balaban J connectivity index is 2.20. The molecule has 0 aliphatic heterocycles. The quantitative estimate of drug-likeness (QED) is 0.923. The van der Waals surface area contributed by atoms with Crippen molar-refractivity contribution in [2.24, 2.45) is 7.05 Å². The summed E-state index contributed by atoms with van der Waals surface area (Å²) in [7, 11) is 1.79. The minimum Gasteiger partial charge on any atom is -0.310 e. The molecule has 1 aromatic heterocycles. The van der Waals surface area contributed by atoms with Gasteiger partial charge in [0.05, 0.1) is 5.56 Å². The molecule has 0 spiro atoms. The topological polar surface area (TPSA) is 42.7 Å². The molecular weight excluding hydrogens is 281 g/mol. The third kappa shape index (κ3) is 3.81. The number of alkyl halides is 3. The zero-order valence-corrected chi connectivity index (χ0v) is 11.9. The Morgan fingerprint density at radius 1 is 1.24 bits per heavy atom. The van der Waals surface area contributed by atoms with Gasteiger partial charge in [-0.15, -0.1) is 0 Å². The van der Waals surface area contributed by atoms with Crippen molar-refractivity contribution >= 4 is 0 Å². The van der Waals surface area contributed by atoms with Gasteiger partial charge in [-0.05, 0) is 24.2 Å². The second kappa shape index (κ2) is 6.26. The highest BCUT2D eigenvalue weighted by atomic mass is 19.4. The SMILES string of the molecule is CCNC(Cc1ncnn1C)c1ccc(C(F)(F)F)cc1. The van der Waals surface area contributed by atoms with Crippen molar-refractivity contribution in [1.29, 1.82) is 0 Å². The molecule has 7 heteroatoms. The van der Waals surface area contributed by atoms with Gasteiger partial charge in [-0.3, -0.25) is 4.68 Å². The lowest BCUT2D eigenvalue weighted by atomic mass is 10.0. The molecule has 0 radical (unpaired) electrons. The number of likely N-dealkylation sites (N-methyl/N-ethyl adjacent to an activating group) is 1. The maximum absolute atomic E-state index is 12.6. The van der Waals surface area contributed by atoms with E-state index in [1.54, 1.807) is 11.7 Å². The number of benzene rings is 1. The van der Waals surface area contributed by atoms with E-state index in [4.69, 9.17) is 0 Å². The molecule has 1 heterocycles. The summed E-state index contributed by atoms with van der Waals surface area (Å²) in [6.07, 6.45) is -2.28. The minimum absolute atomic E-state index is 0.0971. The molecule has 0 amide bonds. The van der Waals surface area contributed by atoms with E-state index in [2.05, 4.69) is 15.4 Å². The van der Waals surface area contributed by atoms with Crippen molar-refractivity contribution in [3.8, 4) is 0 Å². The summed E-state index contributed by atoms with van der Waals surface area (Å²) >= 11 is 0. The molecule has 1 atom stereocenters. The fourth-order valence-corrected chi connectivity index (χ4v) is 2.15. The summed E-state index contributed by atoms with van der Waals surface area (Å²) in [5.74, 6) is 0.779. The first-order valence-corrected chi connectivity index (χ1v) is 6.65. The fourth-order valence-electron chi connectivity index (χ4n) is 2.15. The van der Waals surface area contributed by atoms with E-state index in [1.165, 1.54) is 18.5 Å². The highest BCUT2D eigenvalue weighted by molar-refractivity contribution is 5.27. The molecule has 0 bridgehead atoms. The number of hydrogen-bond acceptors (Lipinski definition) is 3. The van der Waals surface area contributed by atoms with Crippen molar-refractivity contribution < 1.29 is 13.2 Å². The zero-order valence-electron chi connectivity index (χ0n) is 11.9. The predicted molar refractivity (Wildman–Crippen MR) is 72.6 cm³/mol. The van der Waals surface area contributed by atoms with Crippen molar-refractivity contribution in [2.75, 3.05) is 6.54 Å². The van der Waals surface area contributed by atoms with Crippen LogP contribution < -0.4 is 5.32 Å². The van der Waals surface area contributed by atoms with Gasteiger partial charge in [-0.2, -0.15) is 18.3 Å². The van der Waals surface area contributed by atoms with Crippen molar-refractivity contribution in [3.05, 3.63) is 47.5 Å². The third-order valence-corrected chi connectivity index (χ3v) is 3.28. The molecule has 0 saturated carbocycles. The van der Waals surface area contributed by atoms with E-state index in [0.717, 1.165) is 23.5 Å². The molecule has 21 heavy (non-hydrogen) atoms. The summed E-state index contributed by atoms with van der Waals surface area (Å²) in [6.45, 7) is 2.66. The van der Waals surface area contributed by atoms with Crippen LogP contribution in [-0.2, 0) is 19.6 Å². The van der Waals surface area contributed by atoms with Crippen LogP contribution in [0.3, 0.4) is 0 Å². The number of halogens is 3. The third-order valence-electron chi connectivity index (χ3n) is 3.28. The second-order valence-electron chi connectivity index (χ2n) is 4.73. The van der Waals surface area contributed by atoms with Gasteiger partial charge in [0.25, 0.3) is 0 Å². The van der Waals surface area contributed by atoms with Crippen LogP contribution in [0.1, 0.15) is 29.9 Å². The van der Waals surface area contributed by atoms with Gasteiger partial charge < -0.3 is 5.32 Å². The summed E-state index contributed by atoms with van der Waals surface area (Å²) in [4.78, 5) is 4.15. The summed E-state index contributed by atoms with van der Waals surface area (Å²) < 4.78 is 39.4. The number of aromatic nitrogens is 3. The Morgan fingerprint density at radius 2 is 1.90 bits per heavy atom. The van der Waals surface area contributed by atoms with Crippen LogP contribution in [0, 0.1) is 0 Å². The van der Waals surface area contributed by atoms with Crippen LogP contribution >= 0.6 is 0 Å². The number of nitrogens with zero attached hydrogens (tertiary/aromatic N) is 3. The standard InChI is InChI=1S/C14H17F3N4/c1-3-18-12(8-13-19-9-20-21(13)2)10-4-6-11(7-5-10)14(15,16)17/h4-7,9,12,18H,3,8H2,1-2H3. The fraction of sp³-hybridized carbons (Fsp3) is 0.429. The van der Waals surface area contributed by atoms with Crippen LogP contribution in [0.2, 0.25) is 0 Å². The predicted octanol–water partition coefficient (Wildman–Crippen LogP) is 2.73. The first-order chi connectivity index (χ1) is 9.91. The number of aryl methyl sites for hydroxylation is 1. The molecule has 2 aromatic rings. The van der Waals surface area contributed by atoms with Crippen LogP contribution in [-0.4, -0.2) is 21.3 Å². The van der Waals surface area contributed by atoms with E-state index in [-0.39, 0.29) is 6.04 Å². The van der Waals surface area contributed by atoms with Crippen LogP contribution in [0.25, 0.3) is 0 Å². The van der Waals surface area contributed by atoms with Gasteiger partial charge in [0.1, 0.15) is 12.2 Å². The Kier molecular flexibility index (Phi) is 4.62. The van der Waals surface area contributed by atoms with Gasteiger partial charge in [0.15, 0.2) is 0 Å². The molecular formula is C14H17F3N4. The van der Waals surface area contributed by atoms with Crippen LogP contribution in [0.4, 0.5) is 13.2 Å². The molecule has 0 aliphatic rings. The maximum atomic E-state index is 12.6. The van der Waals surface area contributed by atoms with Crippen LogP contribution in [0.5, 0.6) is 0 Å². The first kappa shape index (κ1) is 15.5. The number of rotatable bonds is 5. The van der Waals surface area contributed by atoms with Crippen molar-refractivity contribution in [1.82, 2.24) is 20.1 Å². The normalized spacial score (nSPS) is 13.4. The lowest BCUT2D eigenvalue weighted by Crippen LogP contribution is -2.24. The second-order valence-corrected chi connectivity index (χ2v) is 4.73. The van der Waals surface area contributed by atoms with Crippen LogP contribution in [0.15, 0.2) is 30.6 Å². The number of nitrogens with one attached hydrogen (secondary N) is 1. The van der Waals surface area contributed by atoms with Gasteiger partial charge in [-0.1, -0.05) is 19.1 Å². The zero-order chi connectivity index (χ0) is 15.5. The van der Waals surface area contributed by atoms with E-state index >= 15 is 0 Å². The molecule has 1 aromatic carbocycles. The molecule has 4 nitrogen and oxygen atoms in total. The lowest BCUT2D eigenvalue weighted by molar-refractivity contribution is -0.137. The molecule has 1 N–H and O–H groups in total. The molecule has 114 valence electrons. The van der Waals surface area contributed by atoms with E-state index < -0.39 is 11.7 Å². The summed E-state index contributed by atoms with van der Waals surface area (Å²) in [5.41, 5.74) is 0.160. The lowest BCUT2D eigenvalue weighted by Gasteiger charge is -2.18. The maximum Gasteiger partial charge on any atom is 0.416 e.